The highest BCUT2D eigenvalue weighted by molar-refractivity contribution is 5.37. The van der Waals surface area contributed by atoms with E-state index >= 15 is 0 Å². The first-order valence-corrected chi connectivity index (χ1v) is 5.48. The summed E-state index contributed by atoms with van der Waals surface area (Å²) in [6.45, 7) is 2.82. The molecule has 3 nitrogen and oxygen atoms in total. The van der Waals surface area contributed by atoms with Gasteiger partial charge in [-0.1, -0.05) is 12.1 Å². The van der Waals surface area contributed by atoms with Gasteiger partial charge in [0.2, 0.25) is 0 Å². The fourth-order valence-electron chi connectivity index (χ4n) is 1.85. The van der Waals surface area contributed by atoms with Crippen molar-refractivity contribution in [2.24, 2.45) is 5.92 Å². The molecule has 0 amide bonds. The molecule has 0 radical (unpaired) electrons. The van der Waals surface area contributed by atoms with Gasteiger partial charge in [-0.3, -0.25) is 0 Å². The molecule has 0 aromatic heterocycles. The zero-order chi connectivity index (χ0) is 10.5. The van der Waals surface area contributed by atoms with Gasteiger partial charge in [0, 0.05) is 12.5 Å². The first kappa shape index (κ1) is 10.3. The molecule has 1 unspecified atom stereocenters. The summed E-state index contributed by atoms with van der Waals surface area (Å²) in [7, 11) is 0. The van der Waals surface area contributed by atoms with E-state index in [2.05, 4.69) is 5.32 Å². The van der Waals surface area contributed by atoms with Crippen LogP contribution in [0.4, 0.5) is 0 Å². The number of para-hydroxylation sites is 2. The standard InChI is InChI=1S/C12H17NO2/c14-11-5-1-2-6-12(11)15-9-10-4-3-7-13-8-10/h1-2,5-6,10,13-14H,3-4,7-9H2. The minimum absolute atomic E-state index is 0.223. The summed E-state index contributed by atoms with van der Waals surface area (Å²) < 4.78 is 5.59. The maximum Gasteiger partial charge on any atom is 0.160 e. The molecule has 3 heteroatoms. The monoisotopic (exact) mass is 207 g/mol. The van der Waals surface area contributed by atoms with Crippen molar-refractivity contribution in [2.75, 3.05) is 19.7 Å². The highest BCUT2D eigenvalue weighted by Gasteiger charge is 2.13. The smallest absolute Gasteiger partial charge is 0.160 e. The van der Waals surface area contributed by atoms with Crippen LogP contribution >= 0.6 is 0 Å². The predicted molar refractivity (Wildman–Crippen MR) is 59.2 cm³/mol. The molecule has 82 valence electrons. The van der Waals surface area contributed by atoms with E-state index in [0.717, 1.165) is 13.1 Å². The number of rotatable bonds is 3. The van der Waals surface area contributed by atoms with Crippen LogP contribution in [0.5, 0.6) is 11.5 Å². The molecular weight excluding hydrogens is 190 g/mol. The summed E-state index contributed by atoms with van der Waals surface area (Å²) in [5.41, 5.74) is 0. The molecule has 1 aromatic rings. The molecule has 1 aliphatic rings. The first-order valence-electron chi connectivity index (χ1n) is 5.48. The second kappa shape index (κ2) is 5.03. The number of hydrogen-bond acceptors (Lipinski definition) is 3. The van der Waals surface area contributed by atoms with Gasteiger partial charge in [-0.15, -0.1) is 0 Å². The fraction of sp³-hybridized carbons (Fsp3) is 0.500. The lowest BCUT2D eigenvalue weighted by Gasteiger charge is -2.22. The van der Waals surface area contributed by atoms with E-state index in [1.54, 1.807) is 18.2 Å². The Bertz CT molecular complexity index is 308. The predicted octanol–water partition coefficient (Wildman–Crippen LogP) is 1.77. The molecule has 1 aliphatic heterocycles. The lowest BCUT2D eigenvalue weighted by atomic mass is 10.0. The van der Waals surface area contributed by atoms with Crippen molar-refractivity contribution in [3.8, 4) is 11.5 Å². The van der Waals surface area contributed by atoms with E-state index in [-0.39, 0.29) is 5.75 Å². The summed E-state index contributed by atoms with van der Waals surface area (Å²) >= 11 is 0. The van der Waals surface area contributed by atoms with E-state index in [1.165, 1.54) is 12.8 Å². The van der Waals surface area contributed by atoms with Crippen LogP contribution < -0.4 is 10.1 Å². The Morgan fingerprint density at radius 1 is 1.40 bits per heavy atom. The molecule has 2 N–H and O–H groups in total. The molecule has 1 fully saturated rings. The Morgan fingerprint density at radius 2 is 2.27 bits per heavy atom. The van der Waals surface area contributed by atoms with Gasteiger partial charge in [-0.05, 0) is 31.5 Å². The second-order valence-corrected chi connectivity index (χ2v) is 3.99. The van der Waals surface area contributed by atoms with Gasteiger partial charge in [0.05, 0.1) is 6.61 Å². The van der Waals surface area contributed by atoms with E-state index < -0.39 is 0 Å². The number of phenolic OH excluding ortho intramolecular Hbond substituents is 1. The number of phenols is 1. The van der Waals surface area contributed by atoms with E-state index in [4.69, 9.17) is 4.74 Å². The zero-order valence-corrected chi connectivity index (χ0v) is 8.78. The molecule has 0 aliphatic carbocycles. The van der Waals surface area contributed by atoms with Gasteiger partial charge >= 0.3 is 0 Å². The molecule has 1 aromatic carbocycles. The molecule has 0 spiro atoms. The average Bonchev–Trinajstić information content (AvgIpc) is 2.29. The Hall–Kier alpha value is -1.22. The SMILES string of the molecule is Oc1ccccc1OCC1CCCNC1. The number of benzene rings is 1. The Balaban J connectivity index is 1.84. The topological polar surface area (TPSA) is 41.5 Å². The highest BCUT2D eigenvalue weighted by atomic mass is 16.5. The Labute approximate surface area is 90.1 Å². The van der Waals surface area contributed by atoms with E-state index in [9.17, 15) is 5.11 Å². The number of hydrogen-bond donors (Lipinski definition) is 2. The van der Waals surface area contributed by atoms with Crippen LogP contribution in [0.25, 0.3) is 0 Å². The molecule has 1 heterocycles. The summed E-state index contributed by atoms with van der Waals surface area (Å²) in [6.07, 6.45) is 2.43. The van der Waals surface area contributed by atoms with Crippen molar-refractivity contribution in [3.63, 3.8) is 0 Å². The van der Waals surface area contributed by atoms with Gasteiger partial charge in [0.25, 0.3) is 0 Å². The van der Waals surface area contributed by atoms with Crippen molar-refractivity contribution >= 4 is 0 Å². The molecular formula is C12H17NO2. The second-order valence-electron chi connectivity index (χ2n) is 3.99. The van der Waals surface area contributed by atoms with Crippen LogP contribution in [0, 0.1) is 5.92 Å². The quantitative estimate of drug-likeness (QED) is 0.793. The van der Waals surface area contributed by atoms with E-state index in [0.29, 0.717) is 18.3 Å². The maximum absolute atomic E-state index is 9.50. The summed E-state index contributed by atoms with van der Waals surface area (Å²) in [4.78, 5) is 0. The third-order valence-electron chi connectivity index (χ3n) is 2.74. The molecule has 15 heavy (non-hydrogen) atoms. The minimum Gasteiger partial charge on any atom is -0.504 e. The van der Waals surface area contributed by atoms with Crippen LogP contribution in [0.15, 0.2) is 24.3 Å². The average molecular weight is 207 g/mol. The number of ether oxygens (including phenoxy) is 1. The van der Waals surface area contributed by atoms with Crippen LogP contribution in [0.1, 0.15) is 12.8 Å². The molecule has 2 rings (SSSR count). The largest absolute Gasteiger partial charge is 0.504 e. The van der Waals surface area contributed by atoms with E-state index in [1.807, 2.05) is 6.07 Å². The van der Waals surface area contributed by atoms with Gasteiger partial charge in [0.15, 0.2) is 11.5 Å². The van der Waals surface area contributed by atoms with Crippen molar-refractivity contribution in [2.45, 2.75) is 12.8 Å². The zero-order valence-electron chi connectivity index (χ0n) is 8.78. The highest BCUT2D eigenvalue weighted by Crippen LogP contribution is 2.25. The van der Waals surface area contributed by atoms with Gasteiger partial charge < -0.3 is 15.2 Å². The van der Waals surface area contributed by atoms with Gasteiger partial charge in [-0.2, -0.15) is 0 Å². The Morgan fingerprint density at radius 3 is 3.00 bits per heavy atom. The van der Waals surface area contributed by atoms with Crippen LogP contribution in [0.3, 0.4) is 0 Å². The Kier molecular flexibility index (Phi) is 3.45. The van der Waals surface area contributed by atoms with Crippen LogP contribution in [-0.4, -0.2) is 24.8 Å². The lowest BCUT2D eigenvalue weighted by Crippen LogP contribution is -2.33. The minimum atomic E-state index is 0.223. The lowest BCUT2D eigenvalue weighted by molar-refractivity contribution is 0.212. The number of nitrogens with one attached hydrogen (secondary N) is 1. The van der Waals surface area contributed by atoms with Crippen LogP contribution in [-0.2, 0) is 0 Å². The molecule has 1 atom stereocenters. The summed E-state index contributed by atoms with van der Waals surface area (Å²) in [5, 5.41) is 12.8. The maximum atomic E-state index is 9.50. The normalized spacial score (nSPS) is 21.2. The molecule has 0 bridgehead atoms. The molecule has 1 saturated heterocycles. The van der Waals surface area contributed by atoms with Crippen molar-refractivity contribution in [1.29, 1.82) is 0 Å². The van der Waals surface area contributed by atoms with Crippen molar-refractivity contribution in [3.05, 3.63) is 24.3 Å². The summed E-state index contributed by atoms with van der Waals surface area (Å²) in [5.74, 6) is 1.38. The fourth-order valence-corrected chi connectivity index (χ4v) is 1.85. The van der Waals surface area contributed by atoms with Crippen LogP contribution in [0.2, 0.25) is 0 Å². The van der Waals surface area contributed by atoms with Crippen molar-refractivity contribution < 1.29 is 9.84 Å². The molecule has 0 saturated carbocycles. The number of piperidine rings is 1. The van der Waals surface area contributed by atoms with Gasteiger partial charge in [-0.25, -0.2) is 0 Å². The van der Waals surface area contributed by atoms with Crippen molar-refractivity contribution in [1.82, 2.24) is 5.32 Å². The third-order valence-corrected chi connectivity index (χ3v) is 2.74. The summed E-state index contributed by atoms with van der Waals surface area (Å²) in [6, 6.07) is 7.11. The third kappa shape index (κ3) is 2.86. The van der Waals surface area contributed by atoms with Gasteiger partial charge in [0.1, 0.15) is 0 Å². The first-order chi connectivity index (χ1) is 7.36. The number of aromatic hydroxyl groups is 1.